The second-order valence-electron chi connectivity index (χ2n) is 13.0. The van der Waals surface area contributed by atoms with Crippen molar-refractivity contribution in [3.05, 3.63) is 154 Å². The molecule has 8 nitrogen and oxygen atoms in total. The zero-order valence-corrected chi connectivity index (χ0v) is 34.1. The molecule has 0 fully saturated rings. The number of carbonyl (C=O) groups excluding carboxylic acids is 2. The van der Waals surface area contributed by atoms with E-state index in [2.05, 4.69) is 39.6 Å². The van der Waals surface area contributed by atoms with Crippen molar-refractivity contribution in [1.82, 2.24) is 9.97 Å². The molecule has 2 aromatic heterocycles. The van der Waals surface area contributed by atoms with Crippen LogP contribution in [0, 0.1) is 11.6 Å². The number of benzene rings is 4. The van der Waals surface area contributed by atoms with E-state index >= 15 is 0 Å². The van der Waals surface area contributed by atoms with Gasteiger partial charge in [-0.25, -0.2) is 18.7 Å². The summed E-state index contributed by atoms with van der Waals surface area (Å²) in [6.45, 7) is 0. The topological polar surface area (TPSA) is 116 Å². The monoisotopic (exact) mass is 844 g/mol. The van der Waals surface area contributed by atoms with Gasteiger partial charge in [0.25, 0.3) is 11.1 Å². The Morgan fingerprint density at radius 3 is 1.52 bits per heavy atom. The lowest BCUT2D eigenvalue weighted by Gasteiger charge is -2.12. The van der Waals surface area contributed by atoms with Crippen molar-refractivity contribution >= 4 is 57.6 Å². The normalized spacial score (nSPS) is 11.9. The summed E-state index contributed by atoms with van der Waals surface area (Å²) in [5.41, 5.74) is 15.1. The van der Waals surface area contributed by atoms with E-state index in [0.29, 0.717) is 11.6 Å². The van der Waals surface area contributed by atoms with Crippen LogP contribution in [0.1, 0.15) is 55.8 Å². The largest absolute Gasteiger partial charge is 0.496 e. The van der Waals surface area contributed by atoms with E-state index in [9.17, 15) is 18.4 Å². The van der Waals surface area contributed by atoms with E-state index in [-0.39, 0.29) is 16.5 Å². The summed E-state index contributed by atoms with van der Waals surface area (Å²) in [5.74, 6) is 0.981. The lowest BCUT2D eigenvalue weighted by Crippen LogP contribution is -2.14. The first-order chi connectivity index (χ1) is 28.1. The molecule has 2 aliphatic carbocycles. The minimum absolute atomic E-state index is 0.0105. The summed E-state index contributed by atoms with van der Waals surface area (Å²) >= 11 is 14.6. The van der Waals surface area contributed by atoms with Crippen molar-refractivity contribution in [2.75, 3.05) is 30.6 Å². The number of nitrogens with zero attached hydrogens (tertiary/aromatic N) is 2. The number of nitrogens with one attached hydrogen (secondary N) is 1. The standard InChI is InChI=1S/C22H19FN2O2.C15H16N2O.C7H4ClFO.CH2Cl2/c1-27-20-12-15-6-4-5-14(15)11-18(20)16-9-10-21(24-13-16)25-22(26)17-7-2-3-8-19(17)23;1-18-14-8-11-4-2-3-10(11)7-13(14)12-5-6-15(16)17-9-12;8-7(10)5-3-1-2-4-6(5)9;2-1-3/h2-3,7-13H,4-6H2,1H3,(H,24,25,26);5-9H,2-4H2,1H3,(H2,16,17);1-4H;1H2. The van der Waals surface area contributed by atoms with Crippen LogP contribution in [0.5, 0.6) is 11.5 Å². The van der Waals surface area contributed by atoms with Crippen LogP contribution in [-0.4, -0.2) is 40.7 Å². The fraction of sp³-hybridized carbons (Fsp3) is 0.200. The van der Waals surface area contributed by atoms with E-state index in [1.165, 1.54) is 65.4 Å². The maximum absolute atomic E-state index is 13.7. The van der Waals surface area contributed by atoms with E-state index in [4.69, 9.17) is 50.0 Å². The molecule has 0 atom stereocenters. The number of pyridine rings is 2. The molecule has 0 unspecified atom stereocenters. The number of anilines is 2. The van der Waals surface area contributed by atoms with Gasteiger partial charge in [-0.15, -0.1) is 23.2 Å². The van der Waals surface area contributed by atoms with E-state index in [0.717, 1.165) is 59.4 Å². The highest BCUT2D eigenvalue weighted by atomic mass is 35.5. The third kappa shape index (κ3) is 11.3. The van der Waals surface area contributed by atoms with Gasteiger partial charge in [0.05, 0.1) is 30.7 Å². The van der Waals surface area contributed by atoms with Gasteiger partial charge in [-0.1, -0.05) is 24.3 Å². The highest BCUT2D eigenvalue weighted by molar-refractivity contribution is 6.67. The Labute approximate surface area is 351 Å². The number of aromatic nitrogens is 2. The quantitative estimate of drug-likeness (QED) is 0.121. The van der Waals surface area contributed by atoms with Gasteiger partial charge in [0.15, 0.2) is 0 Å². The lowest BCUT2D eigenvalue weighted by molar-refractivity contribution is 0.102. The number of nitrogens with two attached hydrogens (primary N) is 1. The Hall–Kier alpha value is -5.55. The molecule has 2 heterocycles. The molecule has 0 aliphatic heterocycles. The van der Waals surface area contributed by atoms with Crippen molar-refractivity contribution in [1.29, 1.82) is 0 Å². The molecule has 6 aromatic rings. The van der Waals surface area contributed by atoms with Gasteiger partial charge in [-0.2, -0.15) is 0 Å². The summed E-state index contributed by atoms with van der Waals surface area (Å²) in [6.07, 6.45) is 10.4. The van der Waals surface area contributed by atoms with E-state index in [1.807, 2.05) is 18.2 Å². The Kier molecular flexibility index (Phi) is 16.0. The Bertz CT molecular complexity index is 2350. The third-order valence-electron chi connectivity index (χ3n) is 9.45. The van der Waals surface area contributed by atoms with Crippen molar-refractivity contribution < 1.29 is 27.8 Å². The molecule has 58 heavy (non-hydrogen) atoms. The van der Waals surface area contributed by atoms with Gasteiger partial charge in [-0.3, -0.25) is 9.59 Å². The Balaban J connectivity index is 0.000000177. The number of aryl methyl sites for hydroxylation is 4. The number of fused-ring (bicyclic) bond motifs is 2. The predicted molar refractivity (Wildman–Crippen MR) is 228 cm³/mol. The van der Waals surface area contributed by atoms with Crippen LogP contribution in [0.3, 0.4) is 0 Å². The highest BCUT2D eigenvalue weighted by Crippen LogP contribution is 2.37. The summed E-state index contributed by atoms with van der Waals surface area (Å²) in [7, 11) is 3.38. The van der Waals surface area contributed by atoms with Crippen LogP contribution in [0.4, 0.5) is 20.4 Å². The molecule has 4 aromatic carbocycles. The minimum Gasteiger partial charge on any atom is -0.496 e. The van der Waals surface area contributed by atoms with Crippen molar-refractivity contribution in [2.45, 2.75) is 38.5 Å². The Morgan fingerprint density at radius 1 is 0.672 bits per heavy atom. The number of rotatable bonds is 7. The number of hydrogen-bond acceptors (Lipinski definition) is 7. The average Bonchev–Trinajstić information content (AvgIpc) is 3.90. The smallest absolute Gasteiger partial charge is 0.259 e. The molecule has 2 aliphatic rings. The van der Waals surface area contributed by atoms with E-state index in [1.54, 1.807) is 50.9 Å². The fourth-order valence-corrected chi connectivity index (χ4v) is 6.79. The van der Waals surface area contributed by atoms with Crippen LogP contribution in [0.25, 0.3) is 22.3 Å². The van der Waals surface area contributed by atoms with Gasteiger partial charge in [0.2, 0.25) is 0 Å². The molecule has 0 spiro atoms. The third-order valence-corrected chi connectivity index (χ3v) is 9.65. The number of halogens is 5. The number of alkyl halides is 2. The van der Waals surface area contributed by atoms with E-state index < -0.39 is 22.8 Å². The van der Waals surface area contributed by atoms with Crippen molar-refractivity contribution in [2.24, 2.45) is 0 Å². The number of hydrogen-bond donors (Lipinski definition) is 2. The van der Waals surface area contributed by atoms with Crippen LogP contribution in [0.2, 0.25) is 0 Å². The van der Waals surface area contributed by atoms with Crippen LogP contribution < -0.4 is 20.5 Å². The first-order valence-electron chi connectivity index (χ1n) is 18.3. The molecule has 8 rings (SSSR count). The van der Waals surface area contributed by atoms with Crippen LogP contribution in [-0.2, 0) is 25.7 Å². The molecule has 300 valence electrons. The van der Waals surface area contributed by atoms with Crippen LogP contribution in [0.15, 0.2) is 109 Å². The van der Waals surface area contributed by atoms with Gasteiger partial charge < -0.3 is 20.5 Å². The summed E-state index contributed by atoms with van der Waals surface area (Å²) in [5, 5.41) is 2.06. The molecule has 0 saturated carbocycles. The zero-order chi connectivity index (χ0) is 41.6. The average molecular weight is 846 g/mol. The number of nitrogen functional groups attached to an aromatic ring is 1. The molecule has 0 saturated heterocycles. The minimum atomic E-state index is -0.766. The van der Waals surface area contributed by atoms with Gasteiger partial charge >= 0.3 is 0 Å². The molecule has 13 heteroatoms. The van der Waals surface area contributed by atoms with Gasteiger partial charge in [0.1, 0.15) is 34.8 Å². The molecule has 0 bridgehead atoms. The zero-order valence-electron chi connectivity index (χ0n) is 31.8. The molecular weight excluding hydrogens is 805 g/mol. The first kappa shape index (κ1) is 43.6. The molecule has 1 amide bonds. The predicted octanol–water partition coefficient (Wildman–Crippen LogP) is 11.1. The van der Waals surface area contributed by atoms with Crippen molar-refractivity contribution in [3.63, 3.8) is 0 Å². The maximum Gasteiger partial charge on any atom is 0.259 e. The second-order valence-corrected chi connectivity index (χ2v) is 14.2. The highest BCUT2D eigenvalue weighted by Gasteiger charge is 2.18. The Morgan fingerprint density at radius 2 is 1.12 bits per heavy atom. The van der Waals surface area contributed by atoms with Crippen LogP contribution >= 0.6 is 34.8 Å². The first-order valence-corrected chi connectivity index (χ1v) is 19.7. The van der Waals surface area contributed by atoms with Gasteiger partial charge in [-0.05, 0) is 145 Å². The maximum atomic E-state index is 13.7. The van der Waals surface area contributed by atoms with Crippen molar-refractivity contribution in [3.8, 4) is 33.8 Å². The summed E-state index contributed by atoms with van der Waals surface area (Å²) in [4.78, 5) is 31.1. The lowest BCUT2D eigenvalue weighted by atomic mass is 10.0. The number of methoxy groups -OCH3 is 2. The number of amides is 1. The SMILES string of the molecule is COc1cc2c(cc1-c1ccc(N)nc1)CCC2.COc1cc2c(cc1-c1ccc(NC(=O)c3ccccc3F)nc1)CCC2.ClCCl.O=C(Cl)c1ccccc1F. The molecular formula is C45H41Cl3F2N4O4. The molecule has 0 radical (unpaired) electrons. The number of carbonyl (C=O) groups is 2. The molecule has 3 N–H and O–H groups in total. The second kappa shape index (κ2) is 21.3. The summed E-state index contributed by atoms with van der Waals surface area (Å²) in [6, 6.07) is 27.5. The van der Waals surface area contributed by atoms with Gasteiger partial charge in [0, 0.05) is 34.6 Å². The fourth-order valence-electron chi connectivity index (χ4n) is 6.63. The summed E-state index contributed by atoms with van der Waals surface area (Å²) < 4.78 is 37.3. The number of ether oxygens (including phenoxy) is 2.